The lowest BCUT2D eigenvalue weighted by molar-refractivity contribution is -0.138. The van der Waals surface area contributed by atoms with Gasteiger partial charge in [-0.25, -0.2) is 0 Å². The van der Waals surface area contributed by atoms with Crippen LogP contribution in [0.2, 0.25) is 0 Å². The fourth-order valence-electron chi connectivity index (χ4n) is 2.50. The number of benzene rings is 2. The van der Waals surface area contributed by atoms with Crippen molar-refractivity contribution in [1.82, 2.24) is 0 Å². The second-order valence-corrected chi connectivity index (χ2v) is 5.91. The van der Waals surface area contributed by atoms with Gasteiger partial charge < -0.3 is 20.3 Å². The minimum absolute atomic E-state index is 0.0336. The van der Waals surface area contributed by atoms with Crippen molar-refractivity contribution in [2.45, 2.75) is 32.3 Å². The molecule has 0 aliphatic carbocycles. The molecule has 0 aromatic heterocycles. The number of ether oxygens (including phenoxy) is 2. The van der Waals surface area contributed by atoms with Crippen molar-refractivity contribution in [1.29, 1.82) is 0 Å². The maximum atomic E-state index is 11.7. The van der Waals surface area contributed by atoms with Crippen LogP contribution in [0.25, 0.3) is 0 Å². The first-order chi connectivity index (χ1) is 11.4. The van der Waals surface area contributed by atoms with Gasteiger partial charge in [0.1, 0.15) is 0 Å². The molecule has 0 fully saturated rings. The molecule has 0 amide bonds. The zero-order chi connectivity index (χ0) is 17.7. The van der Waals surface area contributed by atoms with Gasteiger partial charge in [-0.3, -0.25) is 4.79 Å². The minimum atomic E-state index is -0.874. The normalized spacial score (nSPS) is 12.0. The van der Waals surface area contributed by atoms with Crippen molar-refractivity contribution in [2.24, 2.45) is 0 Å². The standard InChI is InChI=1S/C19H23NO4/c1-12(2)24-17-9-4-13(11-18(17)23-3)10-16(19(21)22)14-5-7-15(20)8-6-14/h4-9,11-12,16H,10,20H2,1-3H3,(H,21,22). The van der Waals surface area contributed by atoms with Crippen molar-refractivity contribution in [2.75, 3.05) is 12.8 Å². The molecular weight excluding hydrogens is 306 g/mol. The van der Waals surface area contributed by atoms with E-state index in [-0.39, 0.29) is 6.10 Å². The molecular formula is C19H23NO4. The topological polar surface area (TPSA) is 81.8 Å². The highest BCUT2D eigenvalue weighted by Gasteiger charge is 2.21. The summed E-state index contributed by atoms with van der Waals surface area (Å²) < 4.78 is 11.0. The van der Waals surface area contributed by atoms with Crippen molar-refractivity contribution >= 4 is 11.7 Å². The van der Waals surface area contributed by atoms with E-state index in [1.807, 2.05) is 32.0 Å². The summed E-state index contributed by atoms with van der Waals surface area (Å²) in [5.41, 5.74) is 7.87. The Morgan fingerprint density at radius 2 is 1.79 bits per heavy atom. The molecule has 0 spiro atoms. The van der Waals surface area contributed by atoms with E-state index in [2.05, 4.69) is 0 Å². The monoisotopic (exact) mass is 329 g/mol. The van der Waals surface area contributed by atoms with Crippen LogP contribution in [0.5, 0.6) is 11.5 Å². The van der Waals surface area contributed by atoms with Gasteiger partial charge in [0, 0.05) is 5.69 Å². The third kappa shape index (κ3) is 4.41. The molecule has 24 heavy (non-hydrogen) atoms. The number of carboxylic acids is 1. The van der Waals surface area contributed by atoms with Gasteiger partial charge in [-0.1, -0.05) is 18.2 Å². The molecule has 2 aromatic carbocycles. The van der Waals surface area contributed by atoms with E-state index in [1.165, 1.54) is 0 Å². The Kier molecular flexibility index (Phi) is 5.68. The summed E-state index contributed by atoms with van der Waals surface area (Å²) in [5, 5.41) is 9.57. The lowest BCUT2D eigenvalue weighted by atomic mass is 9.92. The summed E-state index contributed by atoms with van der Waals surface area (Å²) in [6.07, 6.45) is 0.392. The van der Waals surface area contributed by atoms with E-state index < -0.39 is 11.9 Å². The van der Waals surface area contributed by atoms with Gasteiger partial charge in [0.25, 0.3) is 0 Å². The van der Waals surface area contributed by atoms with Gasteiger partial charge in [0.05, 0.1) is 19.1 Å². The lowest BCUT2D eigenvalue weighted by Gasteiger charge is -2.17. The number of aliphatic carboxylic acids is 1. The molecule has 1 unspecified atom stereocenters. The van der Waals surface area contributed by atoms with Crippen molar-refractivity contribution in [3.8, 4) is 11.5 Å². The maximum Gasteiger partial charge on any atom is 0.311 e. The average molecular weight is 329 g/mol. The van der Waals surface area contributed by atoms with Crippen LogP contribution in [-0.2, 0) is 11.2 Å². The number of carboxylic acid groups (broad SMARTS) is 1. The van der Waals surface area contributed by atoms with E-state index in [9.17, 15) is 9.90 Å². The lowest BCUT2D eigenvalue weighted by Crippen LogP contribution is -2.14. The van der Waals surface area contributed by atoms with E-state index in [0.717, 1.165) is 11.1 Å². The molecule has 0 heterocycles. The number of nitrogen functional groups attached to an aromatic ring is 1. The van der Waals surface area contributed by atoms with E-state index >= 15 is 0 Å². The maximum absolute atomic E-state index is 11.7. The number of hydrogen-bond acceptors (Lipinski definition) is 4. The second-order valence-electron chi connectivity index (χ2n) is 5.91. The summed E-state index contributed by atoms with van der Waals surface area (Å²) in [7, 11) is 1.57. The van der Waals surface area contributed by atoms with Gasteiger partial charge in [-0.2, -0.15) is 0 Å². The summed E-state index contributed by atoms with van der Waals surface area (Å²) in [6.45, 7) is 3.88. The molecule has 3 N–H and O–H groups in total. The fraction of sp³-hybridized carbons (Fsp3) is 0.316. The van der Waals surface area contributed by atoms with Crippen LogP contribution < -0.4 is 15.2 Å². The first-order valence-corrected chi connectivity index (χ1v) is 7.82. The average Bonchev–Trinajstić information content (AvgIpc) is 2.54. The molecule has 5 nitrogen and oxygen atoms in total. The molecule has 0 bridgehead atoms. The second kappa shape index (κ2) is 7.73. The van der Waals surface area contributed by atoms with E-state index in [1.54, 1.807) is 31.4 Å². The zero-order valence-corrected chi connectivity index (χ0v) is 14.2. The Morgan fingerprint density at radius 3 is 2.33 bits per heavy atom. The molecule has 0 radical (unpaired) electrons. The summed E-state index contributed by atoms with van der Waals surface area (Å²) in [6, 6.07) is 12.4. The van der Waals surface area contributed by atoms with Crippen LogP contribution in [0, 0.1) is 0 Å². The predicted molar refractivity (Wildman–Crippen MR) is 93.7 cm³/mol. The highest BCUT2D eigenvalue weighted by molar-refractivity contribution is 5.76. The first kappa shape index (κ1) is 17.7. The number of rotatable bonds is 7. The molecule has 2 rings (SSSR count). The highest BCUT2D eigenvalue weighted by Crippen LogP contribution is 2.31. The zero-order valence-electron chi connectivity index (χ0n) is 14.2. The Morgan fingerprint density at radius 1 is 1.12 bits per heavy atom. The molecule has 2 aromatic rings. The third-order valence-corrected chi connectivity index (χ3v) is 3.67. The summed E-state index contributed by atoms with van der Waals surface area (Å²) >= 11 is 0. The van der Waals surface area contributed by atoms with Crippen LogP contribution in [0.4, 0.5) is 5.69 Å². The molecule has 0 aliphatic heterocycles. The third-order valence-electron chi connectivity index (χ3n) is 3.67. The molecule has 0 saturated carbocycles. The van der Waals surface area contributed by atoms with Crippen molar-refractivity contribution in [3.05, 3.63) is 53.6 Å². The molecule has 1 atom stereocenters. The van der Waals surface area contributed by atoms with Gasteiger partial charge in [0.15, 0.2) is 11.5 Å². The SMILES string of the molecule is COc1cc(CC(C(=O)O)c2ccc(N)cc2)ccc1OC(C)C. The van der Waals surface area contributed by atoms with Crippen molar-refractivity contribution in [3.63, 3.8) is 0 Å². The Labute approximate surface area is 142 Å². The smallest absolute Gasteiger partial charge is 0.311 e. The Balaban J connectivity index is 2.26. The number of hydrogen-bond donors (Lipinski definition) is 2. The van der Waals surface area contributed by atoms with Crippen LogP contribution >= 0.6 is 0 Å². The number of carbonyl (C=O) groups is 1. The van der Waals surface area contributed by atoms with Gasteiger partial charge >= 0.3 is 5.97 Å². The predicted octanol–water partition coefficient (Wildman–Crippen LogP) is 3.48. The summed E-state index contributed by atoms with van der Waals surface area (Å²) in [5.74, 6) is -0.272. The van der Waals surface area contributed by atoms with Crippen molar-refractivity contribution < 1.29 is 19.4 Å². The quantitative estimate of drug-likeness (QED) is 0.760. The molecule has 5 heteroatoms. The molecule has 0 saturated heterocycles. The van der Waals surface area contributed by atoms with Gasteiger partial charge in [-0.15, -0.1) is 0 Å². The number of nitrogens with two attached hydrogens (primary N) is 1. The van der Waals surface area contributed by atoms with Gasteiger partial charge in [-0.05, 0) is 55.7 Å². The van der Waals surface area contributed by atoms with Crippen LogP contribution in [-0.4, -0.2) is 24.3 Å². The van der Waals surface area contributed by atoms with Gasteiger partial charge in [0.2, 0.25) is 0 Å². The number of anilines is 1. The Hall–Kier alpha value is -2.69. The number of methoxy groups -OCH3 is 1. The Bertz CT molecular complexity index is 695. The highest BCUT2D eigenvalue weighted by atomic mass is 16.5. The fourth-order valence-corrected chi connectivity index (χ4v) is 2.50. The summed E-state index contributed by atoms with van der Waals surface area (Å²) in [4.78, 5) is 11.7. The van der Waals surface area contributed by atoms with Crippen LogP contribution in [0.1, 0.15) is 30.9 Å². The van der Waals surface area contributed by atoms with Crippen LogP contribution in [0.15, 0.2) is 42.5 Å². The van der Waals surface area contributed by atoms with Crippen LogP contribution in [0.3, 0.4) is 0 Å². The first-order valence-electron chi connectivity index (χ1n) is 7.82. The van der Waals surface area contributed by atoms with E-state index in [0.29, 0.717) is 23.6 Å². The van der Waals surface area contributed by atoms with E-state index in [4.69, 9.17) is 15.2 Å². The molecule has 0 aliphatic rings. The molecule has 128 valence electrons. The minimum Gasteiger partial charge on any atom is -0.493 e. The largest absolute Gasteiger partial charge is 0.493 e.